The number of rotatable bonds is 12. The first kappa shape index (κ1) is 30.2. The lowest BCUT2D eigenvalue weighted by molar-refractivity contribution is -0.139. The summed E-state index contributed by atoms with van der Waals surface area (Å²) in [6.45, 7) is 7.05. The Morgan fingerprint density at radius 2 is 1.56 bits per heavy atom. The van der Waals surface area contributed by atoms with Gasteiger partial charge in [0, 0.05) is 17.6 Å². The first-order chi connectivity index (χ1) is 18.5. The molecule has 0 spiro atoms. The Hall–Kier alpha value is -3.36. The van der Waals surface area contributed by atoms with Gasteiger partial charge < -0.3 is 10.2 Å². The van der Waals surface area contributed by atoms with Crippen LogP contribution in [0.15, 0.2) is 83.8 Å². The minimum atomic E-state index is -4.11. The minimum Gasteiger partial charge on any atom is -0.352 e. The molecule has 7 nitrogen and oxygen atoms in total. The van der Waals surface area contributed by atoms with Crippen LogP contribution in [0.5, 0.6) is 0 Å². The zero-order chi connectivity index (χ0) is 28.6. The molecule has 39 heavy (non-hydrogen) atoms. The van der Waals surface area contributed by atoms with Gasteiger partial charge in [-0.25, -0.2) is 8.42 Å². The van der Waals surface area contributed by atoms with Crippen molar-refractivity contribution in [3.8, 4) is 0 Å². The van der Waals surface area contributed by atoms with Crippen molar-refractivity contribution in [1.82, 2.24) is 10.2 Å². The van der Waals surface area contributed by atoms with Gasteiger partial charge in [-0.2, -0.15) is 0 Å². The summed E-state index contributed by atoms with van der Waals surface area (Å²) in [4.78, 5) is 28.5. The van der Waals surface area contributed by atoms with Crippen molar-refractivity contribution >= 4 is 39.1 Å². The molecular formula is C30H36ClN3O4S. The van der Waals surface area contributed by atoms with Crippen LogP contribution in [0.4, 0.5) is 5.69 Å². The maximum Gasteiger partial charge on any atom is 0.264 e. The molecule has 2 atom stereocenters. The zero-order valence-corrected chi connectivity index (χ0v) is 24.4. The van der Waals surface area contributed by atoms with E-state index in [-0.39, 0.29) is 23.4 Å². The number of amides is 2. The normalized spacial score (nSPS) is 12.8. The van der Waals surface area contributed by atoms with E-state index in [4.69, 9.17) is 11.6 Å². The second-order valence-corrected chi connectivity index (χ2v) is 11.9. The van der Waals surface area contributed by atoms with E-state index in [1.165, 1.54) is 17.0 Å². The van der Waals surface area contributed by atoms with Crippen LogP contribution in [0.3, 0.4) is 0 Å². The first-order valence-corrected chi connectivity index (χ1v) is 14.8. The average molecular weight is 570 g/mol. The van der Waals surface area contributed by atoms with Gasteiger partial charge in [-0.05, 0) is 75.1 Å². The molecule has 0 fully saturated rings. The predicted octanol–water partition coefficient (Wildman–Crippen LogP) is 5.22. The second kappa shape index (κ2) is 13.6. The number of carbonyl (C=O) groups is 2. The fourth-order valence-corrected chi connectivity index (χ4v) is 5.89. The standard InChI is InChI=1S/C30H36ClN3O4S/c1-5-23(3)32-30(36)24(4)33(19-18-25-12-8-6-9-13-25)29(35)21-34(28-17-16-26(31)20-22(28)2)39(37,38)27-14-10-7-11-15-27/h6-17,20,23-24H,5,18-19,21H2,1-4H3,(H,32,36)/t23-,24+/m0/s1. The first-order valence-electron chi connectivity index (χ1n) is 13.0. The van der Waals surface area contributed by atoms with E-state index in [0.717, 1.165) is 16.3 Å². The van der Waals surface area contributed by atoms with Crippen molar-refractivity contribution in [2.45, 2.75) is 57.5 Å². The van der Waals surface area contributed by atoms with Crippen LogP contribution in [0.1, 0.15) is 38.3 Å². The number of hydrogen-bond donors (Lipinski definition) is 1. The molecule has 3 rings (SSSR count). The van der Waals surface area contributed by atoms with Crippen LogP contribution < -0.4 is 9.62 Å². The SMILES string of the molecule is CC[C@H](C)NC(=O)[C@@H](C)N(CCc1ccccc1)C(=O)CN(c1ccc(Cl)cc1C)S(=O)(=O)c1ccccc1. The maximum atomic E-state index is 13.9. The van der Waals surface area contributed by atoms with E-state index < -0.39 is 28.5 Å². The van der Waals surface area contributed by atoms with Crippen LogP contribution in [0, 0.1) is 6.92 Å². The minimum absolute atomic E-state index is 0.0577. The molecule has 3 aromatic carbocycles. The Kier molecular flexibility index (Phi) is 10.5. The molecular weight excluding hydrogens is 534 g/mol. The van der Waals surface area contributed by atoms with Crippen molar-refractivity contribution in [3.63, 3.8) is 0 Å². The largest absolute Gasteiger partial charge is 0.352 e. The quantitative estimate of drug-likeness (QED) is 0.324. The van der Waals surface area contributed by atoms with E-state index in [0.29, 0.717) is 22.7 Å². The summed E-state index contributed by atoms with van der Waals surface area (Å²) in [5.41, 5.74) is 1.96. The summed E-state index contributed by atoms with van der Waals surface area (Å²) in [6, 6.07) is 21.6. The molecule has 208 valence electrons. The Morgan fingerprint density at radius 3 is 2.15 bits per heavy atom. The fraction of sp³-hybridized carbons (Fsp3) is 0.333. The molecule has 0 saturated carbocycles. The van der Waals surface area contributed by atoms with Gasteiger partial charge in [0.25, 0.3) is 10.0 Å². The molecule has 2 amide bonds. The average Bonchev–Trinajstić information content (AvgIpc) is 2.93. The number of sulfonamides is 1. The van der Waals surface area contributed by atoms with Gasteiger partial charge in [0.05, 0.1) is 10.6 Å². The highest BCUT2D eigenvalue weighted by Gasteiger charge is 2.33. The van der Waals surface area contributed by atoms with E-state index >= 15 is 0 Å². The zero-order valence-electron chi connectivity index (χ0n) is 22.8. The van der Waals surface area contributed by atoms with E-state index in [9.17, 15) is 18.0 Å². The monoisotopic (exact) mass is 569 g/mol. The lowest BCUT2D eigenvalue weighted by atomic mass is 10.1. The number of halogens is 1. The van der Waals surface area contributed by atoms with Crippen molar-refractivity contribution in [2.75, 3.05) is 17.4 Å². The van der Waals surface area contributed by atoms with Gasteiger partial charge in [-0.1, -0.05) is 67.1 Å². The predicted molar refractivity (Wildman–Crippen MR) is 156 cm³/mol. The van der Waals surface area contributed by atoms with Crippen molar-refractivity contribution in [1.29, 1.82) is 0 Å². The fourth-order valence-electron chi connectivity index (χ4n) is 4.17. The molecule has 9 heteroatoms. The molecule has 0 heterocycles. The van der Waals surface area contributed by atoms with Crippen LogP contribution in [-0.2, 0) is 26.0 Å². The molecule has 1 N–H and O–H groups in total. The molecule has 0 aliphatic rings. The summed E-state index contributed by atoms with van der Waals surface area (Å²) in [5, 5.41) is 3.40. The molecule has 0 radical (unpaired) electrons. The molecule has 0 bridgehead atoms. The summed E-state index contributed by atoms with van der Waals surface area (Å²) >= 11 is 6.15. The Balaban J connectivity index is 1.99. The molecule has 0 aliphatic heterocycles. The lowest BCUT2D eigenvalue weighted by Gasteiger charge is -2.33. The van der Waals surface area contributed by atoms with Gasteiger partial charge in [0.15, 0.2) is 0 Å². The van der Waals surface area contributed by atoms with Crippen LogP contribution in [0.2, 0.25) is 5.02 Å². The topological polar surface area (TPSA) is 86.8 Å². The highest BCUT2D eigenvalue weighted by molar-refractivity contribution is 7.92. The molecule has 0 aromatic heterocycles. The third-order valence-electron chi connectivity index (χ3n) is 6.69. The van der Waals surface area contributed by atoms with Gasteiger partial charge in [-0.15, -0.1) is 0 Å². The Morgan fingerprint density at radius 1 is 0.949 bits per heavy atom. The molecule has 0 unspecified atom stereocenters. The number of aryl methyl sites for hydroxylation is 1. The van der Waals surface area contributed by atoms with Crippen molar-refractivity contribution < 1.29 is 18.0 Å². The maximum absolute atomic E-state index is 13.9. The number of benzene rings is 3. The van der Waals surface area contributed by atoms with Gasteiger partial charge in [0.2, 0.25) is 11.8 Å². The van der Waals surface area contributed by atoms with Crippen LogP contribution in [-0.4, -0.2) is 50.3 Å². The van der Waals surface area contributed by atoms with Gasteiger partial charge in [-0.3, -0.25) is 13.9 Å². The number of anilines is 1. The van der Waals surface area contributed by atoms with Gasteiger partial charge in [0.1, 0.15) is 12.6 Å². The van der Waals surface area contributed by atoms with Crippen molar-refractivity contribution in [2.24, 2.45) is 0 Å². The smallest absolute Gasteiger partial charge is 0.264 e. The van der Waals surface area contributed by atoms with E-state index in [1.807, 2.05) is 44.2 Å². The molecule has 0 saturated heterocycles. The number of nitrogens with zero attached hydrogens (tertiary/aromatic N) is 2. The third kappa shape index (κ3) is 7.83. The summed E-state index contributed by atoms with van der Waals surface area (Å²) in [6.07, 6.45) is 1.26. The summed E-state index contributed by atoms with van der Waals surface area (Å²) in [5.74, 6) is -0.766. The summed E-state index contributed by atoms with van der Waals surface area (Å²) in [7, 11) is -4.11. The van der Waals surface area contributed by atoms with Crippen LogP contribution in [0.25, 0.3) is 0 Å². The third-order valence-corrected chi connectivity index (χ3v) is 8.70. The van der Waals surface area contributed by atoms with Gasteiger partial charge >= 0.3 is 0 Å². The molecule has 3 aromatic rings. The molecule has 0 aliphatic carbocycles. The highest BCUT2D eigenvalue weighted by Crippen LogP contribution is 2.29. The van der Waals surface area contributed by atoms with Crippen molar-refractivity contribution in [3.05, 3.63) is 95.0 Å². The van der Waals surface area contributed by atoms with E-state index in [1.54, 1.807) is 50.2 Å². The number of hydrogen-bond acceptors (Lipinski definition) is 4. The highest BCUT2D eigenvalue weighted by atomic mass is 35.5. The van der Waals surface area contributed by atoms with E-state index in [2.05, 4.69) is 5.32 Å². The number of carbonyl (C=O) groups excluding carboxylic acids is 2. The van der Waals surface area contributed by atoms with Crippen LogP contribution >= 0.6 is 11.6 Å². The lowest BCUT2D eigenvalue weighted by Crippen LogP contribution is -2.53. The Labute approximate surface area is 236 Å². The number of nitrogens with one attached hydrogen (secondary N) is 1. The Bertz CT molecular complexity index is 1370. The summed E-state index contributed by atoms with van der Waals surface area (Å²) < 4.78 is 28.8. The second-order valence-electron chi connectivity index (χ2n) is 9.57.